The molecule has 0 unspecified atom stereocenters. The van der Waals surface area contributed by atoms with Crippen molar-refractivity contribution >= 4 is 33.7 Å². The number of hydrogen-bond acceptors (Lipinski definition) is 6. The van der Waals surface area contributed by atoms with Crippen LogP contribution in [-0.2, 0) is 17.6 Å². The van der Waals surface area contributed by atoms with Crippen molar-refractivity contribution in [3.05, 3.63) is 73.5 Å². The van der Waals surface area contributed by atoms with E-state index in [1.54, 1.807) is 23.5 Å². The van der Waals surface area contributed by atoms with Crippen LogP contribution in [0.2, 0.25) is 5.02 Å². The molecule has 0 saturated heterocycles. The maximum absolute atomic E-state index is 13.7. The van der Waals surface area contributed by atoms with E-state index in [9.17, 15) is 15.3 Å². The van der Waals surface area contributed by atoms with Crippen molar-refractivity contribution in [3.8, 4) is 12.1 Å². The molecule has 5 nitrogen and oxygen atoms in total. The maximum Gasteiger partial charge on any atom is 0.162 e. The SMILES string of the molecule is CC1(C)CC(=O)C2=C(C1)N(c1sc3c(c1C#N)CCCCC3)C(N)=C(C#N)[C@@H]2c1ccc(Cl)cc1. The minimum Gasteiger partial charge on any atom is -0.384 e. The Morgan fingerprint density at radius 2 is 1.80 bits per heavy atom. The Hall–Kier alpha value is -3.06. The van der Waals surface area contributed by atoms with Crippen molar-refractivity contribution in [1.29, 1.82) is 10.5 Å². The van der Waals surface area contributed by atoms with Crippen LogP contribution in [0.15, 0.2) is 46.9 Å². The van der Waals surface area contributed by atoms with Gasteiger partial charge in [0, 0.05) is 27.6 Å². The minimum absolute atomic E-state index is 0.0260. The highest BCUT2D eigenvalue weighted by molar-refractivity contribution is 7.16. The van der Waals surface area contributed by atoms with Crippen LogP contribution in [0.1, 0.15) is 73.4 Å². The first kappa shape index (κ1) is 23.7. The lowest BCUT2D eigenvalue weighted by molar-refractivity contribution is -0.118. The number of benzene rings is 1. The van der Waals surface area contributed by atoms with E-state index in [-0.39, 0.29) is 11.2 Å². The van der Waals surface area contributed by atoms with Crippen LogP contribution in [0.3, 0.4) is 0 Å². The number of ketones is 1. The molecule has 2 aliphatic carbocycles. The Labute approximate surface area is 215 Å². The highest BCUT2D eigenvalue weighted by Crippen LogP contribution is 2.52. The second-order valence-corrected chi connectivity index (χ2v) is 11.9. The number of fused-ring (bicyclic) bond motifs is 1. The number of carbonyl (C=O) groups excluding carboxylic acids is 1. The second-order valence-electron chi connectivity index (χ2n) is 10.4. The van der Waals surface area contributed by atoms with Gasteiger partial charge in [0.1, 0.15) is 16.9 Å². The van der Waals surface area contributed by atoms with Crippen LogP contribution >= 0.6 is 22.9 Å². The number of rotatable bonds is 2. The molecule has 0 spiro atoms. The third kappa shape index (κ3) is 3.96. The molecule has 0 bridgehead atoms. The van der Waals surface area contributed by atoms with Gasteiger partial charge in [-0.05, 0) is 60.8 Å². The van der Waals surface area contributed by atoms with Gasteiger partial charge >= 0.3 is 0 Å². The molecule has 3 aliphatic rings. The van der Waals surface area contributed by atoms with Crippen LogP contribution in [0.25, 0.3) is 0 Å². The van der Waals surface area contributed by atoms with Gasteiger partial charge in [-0.2, -0.15) is 10.5 Å². The third-order valence-corrected chi connectivity index (χ3v) is 8.83. The zero-order valence-corrected chi connectivity index (χ0v) is 21.5. The van der Waals surface area contributed by atoms with Crippen molar-refractivity contribution in [1.82, 2.24) is 0 Å². The van der Waals surface area contributed by atoms with E-state index in [1.807, 2.05) is 17.0 Å². The summed E-state index contributed by atoms with van der Waals surface area (Å²) in [4.78, 5) is 16.8. The van der Waals surface area contributed by atoms with Gasteiger partial charge in [-0.25, -0.2) is 0 Å². The predicted octanol–water partition coefficient (Wildman–Crippen LogP) is 6.48. The number of halogens is 1. The molecule has 1 aliphatic heterocycles. The Morgan fingerprint density at radius 3 is 2.49 bits per heavy atom. The Balaban J connectivity index is 1.78. The van der Waals surface area contributed by atoms with E-state index in [4.69, 9.17) is 17.3 Å². The summed E-state index contributed by atoms with van der Waals surface area (Å²) in [6.45, 7) is 4.16. The number of thiophene rings is 1. The largest absolute Gasteiger partial charge is 0.384 e. The van der Waals surface area contributed by atoms with Crippen molar-refractivity contribution in [2.75, 3.05) is 4.90 Å². The van der Waals surface area contributed by atoms with E-state index < -0.39 is 5.92 Å². The van der Waals surface area contributed by atoms with Gasteiger partial charge in [-0.1, -0.05) is 44.0 Å². The molecule has 7 heteroatoms. The van der Waals surface area contributed by atoms with Gasteiger partial charge < -0.3 is 5.73 Å². The number of hydrogen-bond donors (Lipinski definition) is 1. The van der Waals surface area contributed by atoms with E-state index in [0.29, 0.717) is 40.4 Å². The van der Waals surface area contributed by atoms with Gasteiger partial charge in [0.2, 0.25) is 0 Å². The second kappa shape index (κ2) is 8.86. The number of Topliss-reactive ketones (excluding diaryl/α,β-unsaturated/α-hetero) is 1. The monoisotopic (exact) mass is 502 g/mol. The molecule has 178 valence electrons. The minimum atomic E-state index is -0.546. The summed E-state index contributed by atoms with van der Waals surface area (Å²) in [5, 5.41) is 21.8. The number of aryl methyl sites for hydroxylation is 1. The number of nitrogens with zero attached hydrogens (tertiary/aromatic N) is 3. The zero-order chi connectivity index (χ0) is 24.9. The molecule has 0 fully saturated rings. The summed E-state index contributed by atoms with van der Waals surface area (Å²) in [6.07, 6.45) is 6.17. The lowest BCUT2D eigenvalue weighted by Crippen LogP contribution is -2.42. The van der Waals surface area contributed by atoms with Crippen LogP contribution in [0, 0.1) is 28.1 Å². The van der Waals surface area contributed by atoms with Gasteiger partial charge in [0.25, 0.3) is 0 Å². The summed E-state index contributed by atoms with van der Waals surface area (Å²) in [5.41, 5.74) is 10.9. The molecule has 0 radical (unpaired) electrons. The van der Waals surface area contributed by atoms with Gasteiger partial charge in [-0.15, -0.1) is 11.3 Å². The zero-order valence-electron chi connectivity index (χ0n) is 19.9. The molecule has 1 atom stereocenters. The maximum atomic E-state index is 13.7. The normalized spacial score (nSPS) is 21.7. The number of allylic oxidation sites excluding steroid dienone is 3. The molecule has 35 heavy (non-hydrogen) atoms. The van der Waals surface area contributed by atoms with E-state index in [1.165, 1.54) is 4.88 Å². The highest BCUT2D eigenvalue weighted by atomic mass is 35.5. The number of nitriles is 2. The standard InChI is InChI=1S/C28H27ClN4OS/c1-28(2)12-21-25(22(34)13-28)24(16-8-10-17(29)11-9-16)20(15-31)26(32)33(21)27-19(14-30)18-6-4-3-5-7-23(18)35-27/h8-11,24H,3-7,12-13,32H2,1-2H3/t24-/m0/s1. The molecule has 1 aromatic carbocycles. The van der Waals surface area contributed by atoms with Crippen LogP contribution < -0.4 is 10.6 Å². The number of anilines is 1. The fraction of sp³-hybridized carbons (Fsp3) is 0.393. The summed E-state index contributed by atoms with van der Waals surface area (Å²) in [6, 6.07) is 12.0. The van der Waals surface area contributed by atoms with Crippen molar-refractivity contribution in [3.63, 3.8) is 0 Å². The number of carbonyl (C=O) groups is 1. The molecule has 2 N–H and O–H groups in total. The first-order chi connectivity index (χ1) is 16.8. The lowest BCUT2D eigenvalue weighted by atomic mass is 9.68. The molecule has 0 saturated carbocycles. The van der Waals surface area contributed by atoms with Crippen molar-refractivity contribution in [2.45, 2.75) is 64.7 Å². The van der Waals surface area contributed by atoms with Crippen LogP contribution in [-0.4, -0.2) is 5.78 Å². The van der Waals surface area contributed by atoms with E-state index >= 15 is 0 Å². The average molecular weight is 503 g/mol. The molecule has 1 aromatic heterocycles. The van der Waals surface area contributed by atoms with Crippen molar-refractivity contribution < 1.29 is 4.79 Å². The van der Waals surface area contributed by atoms with Gasteiger partial charge in [0.15, 0.2) is 5.78 Å². The summed E-state index contributed by atoms with van der Waals surface area (Å²) in [7, 11) is 0. The molecule has 2 heterocycles. The topological polar surface area (TPSA) is 93.9 Å². The van der Waals surface area contributed by atoms with Crippen molar-refractivity contribution in [2.24, 2.45) is 11.1 Å². The highest BCUT2D eigenvalue weighted by Gasteiger charge is 2.45. The molecular formula is C28H27ClN4OS. The summed E-state index contributed by atoms with van der Waals surface area (Å²) < 4.78 is 0. The van der Waals surface area contributed by atoms with Gasteiger partial charge in [0.05, 0.1) is 23.1 Å². The fourth-order valence-electron chi connectivity index (χ4n) is 5.73. The van der Waals surface area contributed by atoms with Crippen LogP contribution in [0.5, 0.6) is 0 Å². The van der Waals surface area contributed by atoms with E-state index in [2.05, 4.69) is 26.0 Å². The molecule has 2 aromatic rings. The first-order valence-corrected chi connectivity index (χ1v) is 13.2. The first-order valence-electron chi connectivity index (χ1n) is 12.0. The molecular weight excluding hydrogens is 476 g/mol. The fourth-order valence-corrected chi connectivity index (χ4v) is 7.23. The Bertz CT molecular complexity index is 1370. The molecule has 0 amide bonds. The average Bonchev–Trinajstić information content (AvgIpc) is 2.98. The Morgan fingerprint density at radius 1 is 1.09 bits per heavy atom. The van der Waals surface area contributed by atoms with Gasteiger partial charge in [-0.3, -0.25) is 9.69 Å². The smallest absolute Gasteiger partial charge is 0.162 e. The van der Waals surface area contributed by atoms with Crippen LogP contribution in [0.4, 0.5) is 5.00 Å². The predicted molar refractivity (Wildman–Crippen MR) is 139 cm³/mol. The number of nitrogens with two attached hydrogens (primary N) is 1. The Kier molecular flexibility index (Phi) is 5.99. The third-order valence-electron chi connectivity index (χ3n) is 7.30. The quantitative estimate of drug-likeness (QED) is 0.474. The lowest BCUT2D eigenvalue weighted by Gasteiger charge is -2.43. The van der Waals surface area contributed by atoms with E-state index in [0.717, 1.165) is 53.9 Å². The summed E-state index contributed by atoms with van der Waals surface area (Å²) in [5.74, 6) is -0.210. The summed E-state index contributed by atoms with van der Waals surface area (Å²) >= 11 is 7.73. The molecule has 5 rings (SSSR count).